The number of fused-ring (bicyclic) bond motifs is 3. The van der Waals surface area contributed by atoms with Crippen molar-refractivity contribution in [2.24, 2.45) is 5.92 Å². The molecule has 0 saturated carbocycles. The van der Waals surface area contributed by atoms with Crippen molar-refractivity contribution in [1.29, 1.82) is 0 Å². The molecule has 0 bridgehead atoms. The Morgan fingerprint density at radius 1 is 1.16 bits per heavy atom. The minimum atomic E-state index is -1.45. The Morgan fingerprint density at radius 3 is 2.62 bits per heavy atom. The minimum Gasteiger partial charge on any atom is -0.497 e. The molecule has 0 spiro atoms. The van der Waals surface area contributed by atoms with Crippen LogP contribution in [0.2, 0.25) is 0 Å². The number of nitrogens with one attached hydrogen (secondary N) is 1. The number of methoxy groups -OCH3 is 1. The van der Waals surface area contributed by atoms with Gasteiger partial charge in [-0.05, 0) is 35.9 Å². The van der Waals surface area contributed by atoms with Crippen LogP contribution in [-0.2, 0) is 35.1 Å². The molecule has 9 nitrogen and oxygen atoms in total. The number of hydrogen-bond acceptors (Lipinski definition) is 7. The molecule has 5 rings (SSSR count). The fourth-order valence-electron chi connectivity index (χ4n) is 5.26. The Morgan fingerprint density at radius 2 is 1.92 bits per heavy atom. The number of ether oxygens (including phenoxy) is 4. The molecule has 0 radical (unpaired) electrons. The van der Waals surface area contributed by atoms with Crippen LogP contribution in [0.25, 0.3) is 0 Å². The molecular weight excluding hydrogens is 476 g/mol. The molecule has 2 amide bonds. The van der Waals surface area contributed by atoms with Crippen molar-refractivity contribution < 1.29 is 33.3 Å². The van der Waals surface area contributed by atoms with Crippen molar-refractivity contribution in [2.45, 2.75) is 37.3 Å². The number of benzene rings is 2. The van der Waals surface area contributed by atoms with Crippen molar-refractivity contribution in [1.82, 2.24) is 5.32 Å². The average Bonchev–Trinajstić information content (AvgIpc) is 3.37. The van der Waals surface area contributed by atoms with E-state index in [1.54, 1.807) is 31.4 Å². The highest BCUT2D eigenvalue weighted by Crippen LogP contribution is 2.51. The molecule has 3 aliphatic heterocycles. The summed E-state index contributed by atoms with van der Waals surface area (Å²) in [7, 11) is 1.55. The maximum Gasteiger partial charge on any atom is 0.307 e. The summed E-state index contributed by atoms with van der Waals surface area (Å²) < 4.78 is 22.8. The Labute approximate surface area is 214 Å². The number of hydrogen-bond donors (Lipinski definition) is 1. The Kier molecular flexibility index (Phi) is 6.82. The normalized spacial score (nSPS) is 28.2. The van der Waals surface area contributed by atoms with E-state index in [1.807, 2.05) is 42.5 Å². The molecule has 2 fully saturated rings. The molecule has 0 unspecified atom stereocenters. The summed E-state index contributed by atoms with van der Waals surface area (Å²) in [5, 5.41) is 2.96. The zero-order valence-electron chi connectivity index (χ0n) is 20.5. The fraction of sp³-hybridized carbons (Fsp3) is 0.321. The van der Waals surface area contributed by atoms with E-state index in [0.717, 1.165) is 5.56 Å². The zero-order valence-corrected chi connectivity index (χ0v) is 20.5. The van der Waals surface area contributed by atoms with Gasteiger partial charge in [-0.15, -0.1) is 0 Å². The first kappa shape index (κ1) is 24.7. The van der Waals surface area contributed by atoms with E-state index in [4.69, 9.17) is 18.9 Å². The highest BCUT2D eigenvalue weighted by molar-refractivity contribution is 6.08. The van der Waals surface area contributed by atoms with E-state index in [9.17, 15) is 14.4 Å². The first-order valence-electron chi connectivity index (χ1n) is 12.0. The number of carbonyl (C=O) groups is 3. The molecule has 2 saturated heterocycles. The molecule has 2 aromatic carbocycles. The number of rotatable bonds is 7. The van der Waals surface area contributed by atoms with Gasteiger partial charge in [0, 0.05) is 19.2 Å². The van der Waals surface area contributed by atoms with Crippen LogP contribution >= 0.6 is 0 Å². The first-order valence-corrected chi connectivity index (χ1v) is 12.0. The van der Waals surface area contributed by atoms with Crippen LogP contribution < -0.4 is 15.0 Å². The smallest absolute Gasteiger partial charge is 0.307 e. The molecule has 2 aromatic rings. The van der Waals surface area contributed by atoms with Gasteiger partial charge in [0.25, 0.3) is 0 Å². The van der Waals surface area contributed by atoms with Crippen LogP contribution in [-0.4, -0.2) is 55.4 Å². The fourth-order valence-corrected chi connectivity index (χ4v) is 5.26. The Bertz CT molecular complexity index is 1230. The number of esters is 1. The van der Waals surface area contributed by atoms with E-state index in [-0.39, 0.29) is 12.5 Å². The highest BCUT2D eigenvalue weighted by atomic mass is 16.6. The molecule has 0 aliphatic carbocycles. The third kappa shape index (κ3) is 4.52. The zero-order chi connectivity index (χ0) is 26.0. The minimum absolute atomic E-state index is 0.262. The van der Waals surface area contributed by atoms with Gasteiger partial charge >= 0.3 is 5.97 Å². The molecule has 9 heteroatoms. The van der Waals surface area contributed by atoms with Crippen LogP contribution in [0.3, 0.4) is 0 Å². The van der Waals surface area contributed by atoms with E-state index in [0.29, 0.717) is 18.0 Å². The quantitative estimate of drug-likeness (QED) is 0.351. The van der Waals surface area contributed by atoms with Crippen LogP contribution in [0.5, 0.6) is 5.75 Å². The summed E-state index contributed by atoms with van der Waals surface area (Å²) in [4.78, 5) is 41.0. The van der Waals surface area contributed by atoms with E-state index < -0.39 is 41.6 Å². The van der Waals surface area contributed by atoms with E-state index in [2.05, 4.69) is 5.32 Å². The Hall–Kier alpha value is -3.95. The third-order valence-electron chi connectivity index (χ3n) is 6.85. The third-order valence-corrected chi connectivity index (χ3v) is 6.85. The lowest BCUT2D eigenvalue weighted by molar-refractivity contribution is -0.135. The number of amides is 2. The molecule has 0 aromatic heterocycles. The average molecular weight is 505 g/mol. The maximum atomic E-state index is 14.1. The van der Waals surface area contributed by atoms with E-state index in [1.165, 1.54) is 24.2 Å². The predicted molar refractivity (Wildman–Crippen MR) is 133 cm³/mol. The summed E-state index contributed by atoms with van der Waals surface area (Å²) in [6.45, 7) is 1.86. The number of nitrogens with zero attached hydrogens (tertiary/aromatic N) is 1. The largest absolute Gasteiger partial charge is 0.497 e. The molecular formula is C28H28N2O7. The Balaban J connectivity index is 1.58. The van der Waals surface area contributed by atoms with Crippen molar-refractivity contribution >= 4 is 23.5 Å². The van der Waals surface area contributed by atoms with Gasteiger partial charge in [0.05, 0.1) is 20.0 Å². The summed E-state index contributed by atoms with van der Waals surface area (Å²) in [6, 6.07) is 15.3. The van der Waals surface area contributed by atoms with Crippen molar-refractivity contribution in [2.75, 3.05) is 18.6 Å². The van der Waals surface area contributed by atoms with Crippen LogP contribution in [0.15, 0.2) is 79.1 Å². The van der Waals surface area contributed by atoms with Gasteiger partial charge in [-0.2, -0.15) is 0 Å². The topological polar surface area (TPSA) is 103 Å². The molecule has 192 valence electrons. The second kappa shape index (κ2) is 10.2. The molecule has 3 heterocycles. The van der Waals surface area contributed by atoms with Gasteiger partial charge in [0.1, 0.15) is 35.5 Å². The first-order chi connectivity index (χ1) is 17.9. The second-order valence-electron chi connectivity index (χ2n) is 9.06. The monoisotopic (exact) mass is 504 g/mol. The van der Waals surface area contributed by atoms with Crippen molar-refractivity contribution in [3.05, 3.63) is 84.7 Å². The van der Waals surface area contributed by atoms with Crippen molar-refractivity contribution in [3.63, 3.8) is 0 Å². The van der Waals surface area contributed by atoms with Gasteiger partial charge in [0.2, 0.25) is 11.8 Å². The molecule has 3 aliphatic rings. The van der Waals surface area contributed by atoms with Gasteiger partial charge < -0.3 is 24.3 Å². The summed E-state index contributed by atoms with van der Waals surface area (Å²) in [5.74, 6) is -1.49. The standard InChI is InChI=1S/C28H28N2O7/c1-18(31)35-16-14-28-23(24-22(37-28)9-6-15-36-24)27(33)30(20-10-12-21(34-2)13-11-20)25(28)26(32)29-17-19-7-4-3-5-8-19/h3-14,16,22-25H,15,17H2,1-2H3,(H,29,32)/b16-14+/t22-,23+,24+,25-,28+/m1/s1. The van der Waals surface area contributed by atoms with Gasteiger partial charge in [-0.1, -0.05) is 42.5 Å². The van der Waals surface area contributed by atoms with Gasteiger partial charge in [-0.3, -0.25) is 19.3 Å². The summed E-state index contributed by atoms with van der Waals surface area (Å²) in [5.41, 5.74) is -0.0339. The van der Waals surface area contributed by atoms with Crippen LogP contribution in [0.1, 0.15) is 12.5 Å². The summed E-state index contributed by atoms with van der Waals surface area (Å²) >= 11 is 0. The van der Waals surface area contributed by atoms with Gasteiger partial charge in [0.15, 0.2) is 0 Å². The second-order valence-corrected chi connectivity index (χ2v) is 9.06. The maximum absolute atomic E-state index is 14.1. The highest BCUT2D eigenvalue weighted by Gasteiger charge is 2.70. The molecule has 1 N–H and O–H groups in total. The molecule has 37 heavy (non-hydrogen) atoms. The SMILES string of the molecule is COc1ccc(N2C(=O)[C@@H]3[C@H]4OCC=C[C@H]4O[C@]3(/C=C/OC(C)=O)[C@H]2C(=O)NCc2ccccc2)cc1. The lowest BCUT2D eigenvalue weighted by Crippen LogP contribution is -2.55. The van der Waals surface area contributed by atoms with E-state index >= 15 is 0 Å². The van der Waals surface area contributed by atoms with Crippen LogP contribution in [0, 0.1) is 5.92 Å². The number of carbonyl (C=O) groups excluding carboxylic acids is 3. The lowest BCUT2D eigenvalue weighted by Gasteiger charge is -2.34. The van der Waals surface area contributed by atoms with Gasteiger partial charge in [-0.25, -0.2) is 0 Å². The lowest BCUT2D eigenvalue weighted by atomic mass is 9.82. The van der Waals surface area contributed by atoms with Crippen molar-refractivity contribution in [3.8, 4) is 5.75 Å². The predicted octanol–water partition coefficient (Wildman–Crippen LogP) is 2.51. The molecule has 5 atom stereocenters. The van der Waals surface area contributed by atoms with Crippen LogP contribution in [0.4, 0.5) is 5.69 Å². The number of anilines is 1. The summed E-state index contributed by atoms with van der Waals surface area (Å²) in [6.07, 6.45) is 5.22.